The minimum Gasteiger partial charge on any atom is -0.507 e. The Morgan fingerprint density at radius 1 is 1.15 bits per heavy atom. The number of nitrogens with two attached hydrogens (primary N) is 1. The fourth-order valence-corrected chi connectivity index (χ4v) is 2.10. The molecule has 0 heterocycles. The van der Waals surface area contributed by atoms with Gasteiger partial charge >= 0.3 is 0 Å². The number of rotatable bonds is 7. The van der Waals surface area contributed by atoms with Gasteiger partial charge in [-0.15, -0.1) is 0 Å². The lowest BCUT2D eigenvalue weighted by molar-refractivity contribution is -0.384. The summed E-state index contributed by atoms with van der Waals surface area (Å²) in [4.78, 5) is 26.3. The number of amides is 1. The smallest absolute Gasteiger partial charge is 0.270 e. The molecule has 0 spiro atoms. The number of phenols is 1. The number of aliphatic imine (C=N–C) groups is 1. The van der Waals surface area contributed by atoms with Gasteiger partial charge in [-0.3, -0.25) is 14.9 Å². The maximum absolute atomic E-state index is 12.0. The van der Waals surface area contributed by atoms with Gasteiger partial charge in [0, 0.05) is 25.2 Å². The molecule has 0 saturated carbocycles. The van der Waals surface area contributed by atoms with E-state index in [2.05, 4.69) is 15.6 Å². The van der Waals surface area contributed by atoms with E-state index < -0.39 is 10.8 Å². The lowest BCUT2D eigenvalue weighted by Crippen LogP contribution is -2.38. The van der Waals surface area contributed by atoms with Gasteiger partial charge in [-0.1, -0.05) is 30.3 Å². The summed E-state index contributed by atoms with van der Waals surface area (Å²) in [5, 5.41) is 25.8. The molecule has 2 aromatic rings. The van der Waals surface area contributed by atoms with Crippen LogP contribution in [0.5, 0.6) is 5.75 Å². The Morgan fingerprint density at radius 3 is 2.54 bits per heavy atom. The molecule has 0 aliphatic rings. The Labute approximate surface area is 149 Å². The molecule has 0 saturated heterocycles. The average molecular weight is 357 g/mol. The van der Waals surface area contributed by atoms with Gasteiger partial charge in [0.1, 0.15) is 5.75 Å². The predicted molar refractivity (Wildman–Crippen MR) is 96.9 cm³/mol. The first-order chi connectivity index (χ1) is 12.5. The summed E-state index contributed by atoms with van der Waals surface area (Å²) in [6.45, 7) is 0.946. The first-order valence-corrected chi connectivity index (χ1v) is 7.80. The summed E-state index contributed by atoms with van der Waals surface area (Å²) >= 11 is 0. The molecule has 26 heavy (non-hydrogen) atoms. The van der Waals surface area contributed by atoms with Crippen LogP contribution in [0.15, 0.2) is 53.5 Å². The number of nitrogens with one attached hydrogen (secondary N) is 2. The minimum atomic E-state index is -0.637. The average Bonchev–Trinajstić information content (AvgIpc) is 2.64. The van der Waals surface area contributed by atoms with Crippen LogP contribution in [-0.4, -0.2) is 35.0 Å². The third-order valence-electron chi connectivity index (χ3n) is 3.43. The number of carbonyl (C=O) groups is 1. The lowest BCUT2D eigenvalue weighted by Gasteiger charge is -2.08. The number of benzene rings is 2. The van der Waals surface area contributed by atoms with Gasteiger partial charge in [0.05, 0.1) is 17.0 Å². The molecule has 0 aliphatic heterocycles. The van der Waals surface area contributed by atoms with Crippen LogP contribution in [0.2, 0.25) is 0 Å². The van der Waals surface area contributed by atoms with Gasteiger partial charge in [-0.05, 0) is 11.6 Å². The van der Waals surface area contributed by atoms with Crippen LogP contribution in [0.3, 0.4) is 0 Å². The van der Waals surface area contributed by atoms with Gasteiger partial charge in [0.25, 0.3) is 11.6 Å². The van der Waals surface area contributed by atoms with Crippen LogP contribution in [0, 0.1) is 10.1 Å². The maximum atomic E-state index is 12.0. The van der Waals surface area contributed by atoms with Crippen molar-refractivity contribution in [3.63, 3.8) is 0 Å². The van der Waals surface area contributed by atoms with E-state index >= 15 is 0 Å². The van der Waals surface area contributed by atoms with E-state index in [0.717, 1.165) is 23.8 Å². The van der Waals surface area contributed by atoms with Crippen molar-refractivity contribution in [2.45, 2.75) is 6.54 Å². The Hall–Kier alpha value is -3.62. The van der Waals surface area contributed by atoms with Crippen molar-refractivity contribution in [1.29, 1.82) is 0 Å². The summed E-state index contributed by atoms with van der Waals surface area (Å²) in [5.41, 5.74) is 6.32. The highest BCUT2D eigenvalue weighted by atomic mass is 16.6. The molecular formula is C17H19N5O4. The summed E-state index contributed by atoms with van der Waals surface area (Å²) in [6, 6.07) is 12.9. The van der Waals surface area contributed by atoms with Crippen LogP contribution in [-0.2, 0) is 6.54 Å². The maximum Gasteiger partial charge on any atom is 0.270 e. The van der Waals surface area contributed by atoms with E-state index in [1.165, 1.54) is 0 Å². The van der Waals surface area contributed by atoms with Crippen molar-refractivity contribution >= 4 is 17.6 Å². The Bertz CT molecular complexity index is 808. The van der Waals surface area contributed by atoms with Gasteiger partial charge in [0.2, 0.25) is 0 Å². The van der Waals surface area contributed by atoms with E-state index in [1.54, 1.807) is 0 Å². The second kappa shape index (κ2) is 9.02. The molecule has 0 fully saturated rings. The zero-order valence-electron chi connectivity index (χ0n) is 13.9. The van der Waals surface area contributed by atoms with Crippen LogP contribution < -0.4 is 16.4 Å². The Balaban J connectivity index is 1.79. The van der Waals surface area contributed by atoms with E-state index in [4.69, 9.17) is 5.73 Å². The van der Waals surface area contributed by atoms with Crippen LogP contribution in [0.4, 0.5) is 5.69 Å². The van der Waals surface area contributed by atoms with E-state index in [9.17, 15) is 20.0 Å². The lowest BCUT2D eigenvalue weighted by atomic mass is 10.1. The van der Waals surface area contributed by atoms with Crippen LogP contribution in [0.25, 0.3) is 0 Å². The number of nitro groups is 1. The quantitative estimate of drug-likeness (QED) is 0.192. The Kier molecular flexibility index (Phi) is 6.49. The van der Waals surface area contributed by atoms with Crippen molar-refractivity contribution < 1.29 is 14.8 Å². The monoisotopic (exact) mass is 357 g/mol. The van der Waals surface area contributed by atoms with Crippen LogP contribution in [0.1, 0.15) is 15.9 Å². The molecule has 2 rings (SSSR count). The molecule has 136 valence electrons. The highest BCUT2D eigenvalue weighted by molar-refractivity contribution is 5.97. The van der Waals surface area contributed by atoms with Gasteiger partial charge < -0.3 is 21.5 Å². The molecule has 9 nitrogen and oxygen atoms in total. The first-order valence-electron chi connectivity index (χ1n) is 7.80. The molecule has 0 atom stereocenters. The SMILES string of the molecule is NC(=NCc1ccccc1)NCCNC(=O)c1cc([N+](=O)[O-])ccc1O. The zero-order valence-corrected chi connectivity index (χ0v) is 13.9. The van der Waals surface area contributed by atoms with Crippen molar-refractivity contribution in [1.82, 2.24) is 10.6 Å². The van der Waals surface area contributed by atoms with Gasteiger partial charge in [0.15, 0.2) is 5.96 Å². The fraction of sp³-hybridized carbons (Fsp3) is 0.176. The summed E-state index contributed by atoms with van der Waals surface area (Å²) in [5.74, 6) is -0.709. The molecule has 2 aromatic carbocycles. The molecule has 1 amide bonds. The number of nitro benzene ring substituents is 1. The molecule has 5 N–H and O–H groups in total. The van der Waals surface area contributed by atoms with Crippen molar-refractivity contribution in [3.8, 4) is 5.75 Å². The highest BCUT2D eigenvalue weighted by Gasteiger charge is 2.15. The van der Waals surface area contributed by atoms with E-state index in [0.29, 0.717) is 13.1 Å². The second-order valence-electron chi connectivity index (χ2n) is 5.33. The normalized spacial score (nSPS) is 11.0. The van der Waals surface area contributed by atoms with E-state index in [1.807, 2.05) is 30.3 Å². The predicted octanol–water partition coefficient (Wildman–Crippen LogP) is 1.13. The highest BCUT2D eigenvalue weighted by Crippen LogP contribution is 2.22. The molecule has 0 aromatic heterocycles. The van der Waals surface area contributed by atoms with E-state index in [-0.39, 0.29) is 29.5 Å². The van der Waals surface area contributed by atoms with Crippen molar-refractivity contribution in [2.75, 3.05) is 13.1 Å². The minimum absolute atomic E-state index is 0.162. The van der Waals surface area contributed by atoms with Gasteiger partial charge in [-0.25, -0.2) is 4.99 Å². The van der Waals surface area contributed by atoms with Crippen LogP contribution >= 0.6 is 0 Å². The standard InChI is InChI=1S/C17H19N5O4/c18-17(21-11-12-4-2-1-3-5-12)20-9-8-19-16(24)14-10-13(22(25)26)6-7-15(14)23/h1-7,10,23H,8-9,11H2,(H,19,24)(H3,18,20,21). The molecule has 0 unspecified atom stereocenters. The number of hydrogen-bond acceptors (Lipinski definition) is 5. The fourth-order valence-electron chi connectivity index (χ4n) is 2.10. The molecule has 0 aliphatic carbocycles. The summed E-state index contributed by atoms with van der Waals surface area (Å²) in [7, 11) is 0. The Morgan fingerprint density at radius 2 is 1.85 bits per heavy atom. The number of guanidine groups is 1. The largest absolute Gasteiger partial charge is 0.507 e. The third-order valence-corrected chi connectivity index (χ3v) is 3.43. The topological polar surface area (TPSA) is 143 Å². The van der Waals surface area contributed by atoms with Crippen molar-refractivity contribution in [2.24, 2.45) is 10.7 Å². The molecule has 9 heteroatoms. The number of hydrogen-bond donors (Lipinski definition) is 4. The van der Waals surface area contributed by atoms with Crippen molar-refractivity contribution in [3.05, 3.63) is 69.8 Å². The van der Waals surface area contributed by atoms with Gasteiger partial charge in [-0.2, -0.15) is 0 Å². The first kappa shape index (κ1) is 18.7. The number of aromatic hydroxyl groups is 1. The number of nitrogens with zero attached hydrogens (tertiary/aromatic N) is 2. The molecule has 0 bridgehead atoms. The number of phenolic OH excluding ortho intramolecular Hbond substituents is 1. The number of carbonyl (C=O) groups excluding carboxylic acids is 1. The number of non-ortho nitro benzene ring substituents is 1. The zero-order chi connectivity index (χ0) is 18.9. The summed E-state index contributed by atoms with van der Waals surface area (Å²) in [6.07, 6.45) is 0. The molecule has 0 radical (unpaired) electrons. The third kappa shape index (κ3) is 5.48. The molecular weight excluding hydrogens is 338 g/mol. The second-order valence-corrected chi connectivity index (χ2v) is 5.33. The summed E-state index contributed by atoms with van der Waals surface area (Å²) < 4.78 is 0.